The molecule has 2 N–H and O–H groups in total. The fraction of sp³-hybridized carbons (Fsp3) is 0. The van der Waals surface area contributed by atoms with Crippen LogP contribution in [0.5, 0.6) is 0 Å². The van der Waals surface area contributed by atoms with Gasteiger partial charge in [-0.2, -0.15) is 8.42 Å². The van der Waals surface area contributed by atoms with Crippen molar-refractivity contribution in [3.63, 3.8) is 0 Å². The minimum Gasteiger partial charge on any atom is -0.264 e. The van der Waals surface area contributed by atoms with Crippen LogP contribution in [0.4, 0.5) is 0 Å². The van der Waals surface area contributed by atoms with Crippen molar-refractivity contribution in [3.05, 3.63) is 0 Å². The third-order valence-corrected chi connectivity index (χ3v) is 0. The fourth-order valence-corrected chi connectivity index (χ4v) is 0. The van der Waals surface area contributed by atoms with Crippen molar-refractivity contribution in [3.8, 4) is 0 Å². The van der Waals surface area contributed by atoms with E-state index >= 15 is 0 Å². The summed E-state index contributed by atoms with van der Waals surface area (Å²) in [6, 6.07) is 0. The summed E-state index contributed by atoms with van der Waals surface area (Å²) in [5.74, 6) is 0. The number of hydrogen-bond donors (Lipinski definition) is 2. The maximum Gasteiger partial charge on any atom is 0.394 e. The van der Waals surface area contributed by atoms with Crippen molar-refractivity contribution >= 4 is 10.4 Å². The van der Waals surface area contributed by atoms with Crippen LogP contribution in [-0.4, -0.2) is 17.5 Å². The molecule has 0 spiro atoms. The maximum atomic E-state index is 8.74. The Bertz CT molecular complexity index is 92.9. The first-order chi connectivity index (χ1) is 2.00. The third-order valence-electron chi connectivity index (χ3n) is 0. The van der Waals surface area contributed by atoms with Crippen molar-refractivity contribution < 1.29 is 59.7 Å². The van der Waals surface area contributed by atoms with Gasteiger partial charge in [0, 0.05) is 42.1 Å². The van der Waals surface area contributed by atoms with E-state index in [-0.39, 0.29) is 42.1 Å². The molecule has 0 fully saturated rings. The molecular weight excluding hydrogens is 288 g/mol. The van der Waals surface area contributed by atoms with Crippen molar-refractivity contribution in [2.24, 2.45) is 0 Å². The monoisotopic (exact) mass is 294 g/mol. The zero-order valence-corrected chi connectivity index (χ0v) is 7.77. The van der Waals surface area contributed by atoms with Gasteiger partial charge in [-0.3, -0.25) is 9.11 Å². The quantitative estimate of drug-likeness (QED) is 0.459. The zero-order valence-electron chi connectivity index (χ0n) is 2.94. The molecule has 0 unspecified atom stereocenters. The zero-order chi connectivity index (χ0) is 4.50. The first-order valence-electron chi connectivity index (χ1n) is 0.698. The standard InChI is InChI=1S/2Mo.H2O4S/c;;1-5(2,3)4/h;;(H2,1,2,3,4). The summed E-state index contributed by atoms with van der Waals surface area (Å²) in [6.45, 7) is 0. The SMILES string of the molecule is O=S(=O)(O)O.[Mo].[Mo]. The normalized spacial score (nSPS) is 8.29. The van der Waals surface area contributed by atoms with E-state index in [2.05, 4.69) is 0 Å². The molecule has 0 radical (unpaired) electrons. The summed E-state index contributed by atoms with van der Waals surface area (Å²) >= 11 is 0. The van der Waals surface area contributed by atoms with Gasteiger partial charge in [0.05, 0.1) is 0 Å². The van der Waals surface area contributed by atoms with E-state index < -0.39 is 10.4 Å². The molecule has 0 atom stereocenters. The summed E-state index contributed by atoms with van der Waals surface area (Å²) in [6.07, 6.45) is 0. The number of rotatable bonds is 0. The van der Waals surface area contributed by atoms with Crippen LogP contribution < -0.4 is 0 Å². The molecule has 7 heteroatoms. The molecule has 0 aromatic rings. The van der Waals surface area contributed by atoms with Gasteiger partial charge in [-0.05, 0) is 0 Å². The molecule has 0 aromatic carbocycles. The molecule has 0 aliphatic heterocycles. The third kappa shape index (κ3) is 128. The molecule has 7 heavy (non-hydrogen) atoms. The predicted molar refractivity (Wildman–Crippen MR) is 14.2 cm³/mol. The smallest absolute Gasteiger partial charge is 0.264 e. The second kappa shape index (κ2) is 5.38. The van der Waals surface area contributed by atoms with Gasteiger partial charge in [-0.25, -0.2) is 0 Å². The van der Waals surface area contributed by atoms with Crippen molar-refractivity contribution in [2.75, 3.05) is 0 Å². The maximum absolute atomic E-state index is 8.74. The average Bonchev–Trinajstić information content (AvgIpc) is 0.722. The summed E-state index contributed by atoms with van der Waals surface area (Å²) in [4.78, 5) is 0. The predicted octanol–water partition coefficient (Wildman–Crippen LogP) is -0.658. The van der Waals surface area contributed by atoms with Gasteiger partial charge in [-0.1, -0.05) is 0 Å². The Balaban J connectivity index is -0.0000000800. The topological polar surface area (TPSA) is 74.6 Å². The molecule has 44 valence electrons. The Morgan fingerprint density at radius 1 is 1.00 bits per heavy atom. The second-order valence-electron chi connectivity index (χ2n) is 0.448. The van der Waals surface area contributed by atoms with E-state index in [1.165, 1.54) is 0 Å². The summed E-state index contributed by atoms with van der Waals surface area (Å²) in [5, 5.41) is 0. The van der Waals surface area contributed by atoms with E-state index in [1.54, 1.807) is 0 Å². The molecule has 0 aliphatic carbocycles. The van der Waals surface area contributed by atoms with Gasteiger partial charge in [0.2, 0.25) is 0 Å². The summed E-state index contributed by atoms with van der Waals surface area (Å²) in [7, 11) is -4.67. The molecule has 0 heterocycles. The van der Waals surface area contributed by atoms with Crippen LogP contribution >= 0.6 is 0 Å². The fourth-order valence-electron chi connectivity index (χ4n) is 0. The van der Waals surface area contributed by atoms with Gasteiger partial charge in [0.1, 0.15) is 0 Å². The van der Waals surface area contributed by atoms with Crippen LogP contribution in [0.15, 0.2) is 0 Å². The Morgan fingerprint density at radius 2 is 1.00 bits per heavy atom. The van der Waals surface area contributed by atoms with Gasteiger partial charge < -0.3 is 0 Å². The van der Waals surface area contributed by atoms with E-state index in [0.717, 1.165) is 0 Å². The summed E-state index contributed by atoms with van der Waals surface area (Å²) < 4.78 is 31.6. The van der Waals surface area contributed by atoms with Crippen LogP contribution in [0.25, 0.3) is 0 Å². The largest absolute Gasteiger partial charge is 0.394 e. The molecule has 0 aliphatic rings. The number of hydrogen-bond acceptors (Lipinski definition) is 2. The molecule has 0 saturated heterocycles. The van der Waals surface area contributed by atoms with Crippen molar-refractivity contribution in [1.82, 2.24) is 0 Å². The Kier molecular flexibility index (Phi) is 12.1. The Morgan fingerprint density at radius 3 is 1.00 bits per heavy atom. The van der Waals surface area contributed by atoms with Crippen LogP contribution in [0.2, 0.25) is 0 Å². The molecule has 0 aromatic heterocycles. The first-order valence-corrected chi connectivity index (χ1v) is 2.10. The van der Waals surface area contributed by atoms with Gasteiger partial charge in [0.25, 0.3) is 0 Å². The summed E-state index contributed by atoms with van der Waals surface area (Å²) in [5.41, 5.74) is 0. The van der Waals surface area contributed by atoms with Crippen LogP contribution in [0.1, 0.15) is 0 Å². The Labute approximate surface area is 69.8 Å². The van der Waals surface area contributed by atoms with Gasteiger partial charge in [-0.15, -0.1) is 0 Å². The van der Waals surface area contributed by atoms with Gasteiger partial charge >= 0.3 is 10.4 Å². The van der Waals surface area contributed by atoms with Crippen LogP contribution in [0, 0.1) is 0 Å². The van der Waals surface area contributed by atoms with E-state index in [4.69, 9.17) is 17.5 Å². The van der Waals surface area contributed by atoms with E-state index in [9.17, 15) is 0 Å². The molecule has 0 bridgehead atoms. The molecular formula is H2Mo2O4S. The average molecular weight is 290 g/mol. The minimum absolute atomic E-state index is 0. The van der Waals surface area contributed by atoms with Gasteiger partial charge in [0.15, 0.2) is 0 Å². The molecule has 0 saturated carbocycles. The second-order valence-corrected chi connectivity index (χ2v) is 1.34. The molecule has 0 amide bonds. The van der Waals surface area contributed by atoms with Crippen molar-refractivity contribution in [1.29, 1.82) is 0 Å². The van der Waals surface area contributed by atoms with Crippen molar-refractivity contribution in [2.45, 2.75) is 0 Å². The molecule has 4 nitrogen and oxygen atoms in total. The molecule has 0 rings (SSSR count). The van der Waals surface area contributed by atoms with Crippen LogP contribution in [-0.2, 0) is 52.5 Å². The minimum atomic E-state index is -4.67. The van der Waals surface area contributed by atoms with E-state index in [0.29, 0.717) is 0 Å². The van der Waals surface area contributed by atoms with Crippen LogP contribution in [0.3, 0.4) is 0 Å². The van der Waals surface area contributed by atoms with E-state index in [1.807, 2.05) is 0 Å². The first kappa shape index (κ1) is 15.7. The Hall–Kier alpha value is 1.25.